The van der Waals surface area contributed by atoms with E-state index in [9.17, 15) is 0 Å². The van der Waals surface area contributed by atoms with Crippen LogP contribution in [-0.2, 0) is 6.42 Å². The predicted octanol–water partition coefficient (Wildman–Crippen LogP) is 0.764. The first-order valence-electron chi connectivity index (χ1n) is 6.29. The predicted molar refractivity (Wildman–Crippen MR) is 74.1 cm³/mol. The summed E-state index contributed by atoms with van der Waals surface area (Å²) in [6.45, 7) is 5.67. The fourth-order valence-electron chi connectivity index (χ4n) is 1.91. The number of aliphatic hydroxyl groups excluding tert-OH is 1. The Balaban J connectivity index is 2.50. The summed E-state index contributed by atoms with van der Waals surface area (Å²) < 4.78 is 5.29. The summed E-state index contributed by atoms with van der Waals surface area (Å²) in [5, 5.41) is 12.1. The maximum absolute atomic E-state index is 8.81. The van der Waals surface area contributed by atoms with Gasteiger partial charge in [-0.25, -0.2) is 0 Å². The zero-order chi connectivity index (χ0) is 13.5. The van der Waals surface area contributed by atoms with E-state index in [-0.39, 0.29) is 12.6 Å². The molecule has 1 aromatic rings. The zero-order valence-electron chi connectivity index (χ0n) is 11.5. The van der Waals surface area contributed by atoms with Crippen molar-refractivity contribution in [3.8, 4) is 5.75 Å². The fraction of sp³-hybridized carbons (Fsp3) is 0.571. The number of aliphatic hydroxyl groups is 1. The van der Waals surface area contributed by atoms with E-state index in [4.69, 9.17) is 15.6 Å². The van der Waals surface area contributed by atoms with E-state index < -0.39 is 0 Å². The zero-order valence-corrected chi connectivity index (χ0v) is 11.5. The van der Waals surface area contributed by atoms with Gasteiger partial charge in [-0.15, -0.1) is 0 Å². The topological polar surface area (TPSA) is 67.5 Å². The Hall–Kier alpha value is -1.10. The van der Waals surface area contributed by atoms with Crippen molar-refractivity contribution in [2.24, 2.45) is 5.73 Å². The molecule has 4 heteroatoms. The summed E-state index contributed by atoms with van der Waals surface area (Å²) in [5.41, 5.74) is 9.33. The molecule has 1 rings (SSSR count). The molecule has 0 amide bonds. The molecular weight excluding hydrogens is 228 g/mol. The largest absolute Gasteiger partial charge is 0.496 e. The SMILES string of the molecule is COc1cc(C)c(CCNCC(N)CO)cc1C. The Morgan fingerprint density at radius 3 is 2.67 bits per heavy atom. The number of rotatable bonds is 7. The molecule has 18 heavy (non-hydrogen) atoms. The molecule has 1 aromatic carbocycles. The summed E-state index contributed by atoms with van der Waals surface area (Å²) in [7, 11) is 1.69. The number of aryl methyl sites for hydroxylation is 2. The second-order valence-electron chi connectivity index (χ2n) is 4.65. The Bertz CT molecular complexity index is 380. The summed E-state index contributed by atoms with van der Waals surface area (Å²) in [6.07, 6.45) is 0.953. The standard InChI is InChI=1S/C14H24N2O2/c1-10-7-14(18-3)11(2)6-12(10)4-5-16-8-13(15)9-17/h6-7,13,16-17H,4-5,8-9,15H2,1-3H3. The average molecular weight is 252 g/mol. The lowest BCUT2D eigenvalue weighted by Crippen LogP contribution is -2.37. The normalized spacial score (nSPS) is 12.5. The Labute approximate surface area is 109 Å². The van der Waals surface area contributed by atoms with Gasteiger partial charge in [0.05, 0.1) is 13.7 Å². The summed E-state index contributed by atoms with van der Waals surface area (Å²) >= 11 is 0. The van der Waals surface area contributed by atoms with Gasteiger partial charge in [0.1, 0.15) is 5.75 Å². The summed E-state index contributed by atoms with van der Waals surface area (Å²) in [4.78, 5) is 0. The summed E-state index contributed by atoms with van der Waals surface area (Å²) in [6, 6.07) is 4.06. The van der Waals surface area contributed by atoms with E-state index in [0.717, 1.165) is 24.3 Å². The molecule has 0 heterocycles. The fourth-order valence-corrected chi connectivity index (χ4v) is 1.91. The van der Waals surface area contributed by atoms with E-state index in [1.54, 1.807) is 7.11 Å². The van der Waals surface area contributed by atoms with Crippen molar-refractivity contribution in [3.63, 3.8) is 0 Å². The van der Waals surface area contributed by atoms with Crippen LogP contribution in [0.15, 0.2) is 12.1 Å². The molecule has 102 valence electrons. The molecule has 0 aromatic heterocycles. The molecule has 1 unspecified atom stereocenters. The van der Waals surface area contributed by atoms with Crippen molar-refractivity contribution in [1.29, 1.82) is 0 Å². The molecule has 0 fully saturated rings. The lowest BCUT2D eigenvalue weighted by atomic mass is 10.0. The lowest BCUT2D eigenvalue weighted by Gasteiger charge is -2.13. The van der Waals surface area contributed by atoms with Gasteiger partial charge in [0.2, 0.25) is 0 Å². The van der Waals surface area contributed by atoms with Gasteiger partial charge in [-0.2, -0.15) is 0 Å². The average Bonchev–Trinajstić information content (AvgIpc) is 2.37. The van der Waals surface area contributed by atoms with Crippen LogP contribution in [0.2, 0.25) is 0 Å². The van der Waals surface area contributed by atoms with Crippen LogP contribution in [0.25, 0.3) is 0 Å². The maximum atomic E-state index is 8.81. The van der Waals surface area contributed by atoms with Crippen molar-refractivity contribution in [1.82, 2.24) is 5.32 Å². The lowest BCUT2D eigenvalue weighted by molar-refractivity contribution is 0.262. The van der Waals surface area contributed by atoms with Gasteiger partial charge < -0.3 is 20.9 Å². The molecule has 4 N–H and O–H groups in total. The first-order chi connectivity index (χ1) is 8.58. The number of nitrogens with one attached hydrogen (secondary N) is 1. The van der Waals surface area contributed by atoms with E-state index in [1.807, 2.05) is 0 Å². The highest BCUT2D eigenvalue weighted by molar-refractivity contribution is 5.41. The van der Waals surface area contributed by atoms with Crippen LogP contribution in [0, 0.1) is 13.8 Å². The van der Waals surface area contributed by atoms with Crippen LogP contribution in [0.1, 0.15) is 16.7 Å². The highest BCUT2D eigenvalue weighted by Crippen LogP contribution is 2.22. The molecule has 1 atom stereocenters. The molecule has 4 nitrogen and oxygen atoms in total. The van der Waals surface area contributed by atoms with Crippen LogP contribution in [-0.4, -0.2) is 38.0 Å². The van der Waals surface area contributed by atoms with E-state index in [1.165, 1.54) is 11.1 Å². The second-order valence-corrected chi connectivity index (χ2v) is 4.65. The molecule has 0 spiro atoms. The first-order valence-corrected chi connectivity index (χ1v) is 6.29. The number of methoxy groups -OCH3 is 1. The Morgan fingerprint density at radius 2 is 2.06 bits per heavy atom. The number of nitrogens with two attached hydrogens (primary N) is 1. The third-order valence-electron chi connectivity index (χ3n) is 3.07. The summed E-state index contributed by atoms with van der Waals surface area (Å²) in [5.74, 6) is 0.937. The van der Waals surface area contributed by atoms with Gasteiger partial charge in [-0.1, -0.05) is 6.07 Å². The molecule has 0 aliphatic rings. The van der Waals surface area contributed by atoms with Crippen molar-refractivity contribution in [2.75, 3.05) is 26.8 Å². The molecule has 0 aliphatic carbocycles. The minimum absolute atomic E-state index is 0.0215. The minimum Gasteiger partial charge on any atom is -0.496 e. The van der Waals surface area contributed by atoms with Gasteiger partial charge in [0.15, 0.2) is 0 Å². The van der Waals surface area contributed by atoms with E-state index in [2.05, 4.69) is 31.3 Å². The molecular formula is C14H24N2O2. The number of hydrogen-bond donors (Lipinski definition) is 3. The quantitative estimate of drug-likeness (QED) is 0.627. The van der Waals surface area contributed by atoms with Crippen LogP contribution >= 0.6 is 0 Å². The third kappa shape index (κ3) is 4.29. The van der Waals surface area contributed by atoms with Crippen molar-refractivity contribution in [3.05, 3.63) is 28.8 Å². The van der Waals surface area contributed by atoms with Crippen LogP contribution in [0.4, 0.5) is 0 Å². The van der Waals surface area contributed by atoms with Gasteiger partial charge in [-0.05, 0) is 49.6 Å². The van der Waals surface area contributed by atoms with Crippen molar-refractivity contribution < 1.29 is 9.84 Å². The maximum Gasteiger partial charge on any atom is 0.122 e. The molecule has 0 saturated heterocycles. The smallest absolute Gasteiger partial charge is 0.122 e. The number of hydrogen-bond acceptors (Lipinski definition) is 4. The van der Waals surface area contributed by atoms with Crippen molar-refractivity contribution in [2.45, 2.75) is 26.3 Å². The highest BCUT2D eigenvalue weighted by atomic mass is 16.5. The van der Waals surface area contributed by atoms with Crippen LogP contribution < -0.4 is 15.8 Å². The first kappa shape index (κ1) is 15.0. The van der Waals surface area contributed by atoms with E-state index >= 15 is 0 Å². The Kier molecular flexibility index (Phi) is 6.12. The number of ether oxygens (including phenoxy) is 1. The number of benzene rings is 1. The molecule has 0 aliphatic heterocycles. The van der Waals surface area contributed by atoms with Gasteiger partial charge in [-0.3, -0.25) is 0 Å². The minimum atomic E-state index is -0.177. The van der Waals surface area contributed by atoms with Crippen molar-refractivity contribution >= 4 is 0 Å². The van der Waals surface area contributed by atoms with Gasteiger partial charge in [0.25, 0.3) is 0 Å². The monoisotopic (exact) mass is 252 g/mol. The molecule has 0 radical (unpaired) electrons. The van der Waals surface area contributed by atoms with E-state index in [0.29, 0.717) is 6.54 Å². The molecule has 0 saturated carbocycles. The van der Waals surface area contributed by atoms with Gasteiger partial charge >= 0.3 is 0 Å². The van der Waals surface area contributed by atoms with Crippen LogP contribution in [0.5, 0.6) is 5.75 Å². The molecule has 0 bridgehead atoms. The van der Waals surface area contributed by atoms with Gasteiger partial charge in [0, 0.05) is 12.6 Å². The highest BCUT2D eigenvalue weighted by Gasteiger charge is 2.05. The Morgan fingerprint density at radius 1 is 1.33 bits per heavy atom. The van der Waals surface area contributed by atoms with Crippen LogP contribution in [0.3, 0.4) is 0 Å². The second kappa shape index (κ2) is 7.36. The third-order valence-corrected chi connectivity index (χ3v) is 3.07.